The van der Waals surface area contributed by atoms with Crippen LogP contribution in [-0.4, -0.2) is 159 Å². The van der Waals surface area contributed by atoms with Crippen LogP contribution in [0.5, 0.6) is 11.6 Å². The monoisotopic (exact) mass is 1180 g/mol. The minimum absolute atomic E-state index is 0.107. The highest BCUT2D eigenvalue weighted by atomic mass is 32.2. The number of aliphatic hydroxyl groups is 1. The van der Waals surface area contributed by atoms with Crippen LogP contribution >= 0.6 is 0 Å². The van der Waals surface area contributed by atoms with E-state index in [9.17, 15) is 28.4 Å². The number of nitro groups is 1. The Bertz CT molecular complexity index is 3570. The number of anilines is 5. The standard InChI is InChI=1S/C63H77N11O10S/c1-41-6-4-5-7-48(41)55-39-69(38-43-30-56(81-3)59(66-37-43)71-25-28-82-29-26-71)23-24-72(55)46-34-63(35-46)18-21-70(22-19-63)45-8-10-49(52(32-45)73-51-15-27-83-40-57(51)84-61-54(73)31-44-14-20-64-58(44)67-61)60(75)68-85(79,80)47-9-11-50(53(33-47)74(77)78)65-36-42-12-16-62(2,76)17-13-42/h4-11,14,20,30-33,37,42,46,51,55,57,65,76H,12-13,15-19,21-29,34-36,38-40H2,1-3H3,(H,64,67)(H,68,75)/t42?,51-,55-,57-,62?/m0/s1. The summed E-state index contributed by atoms with van der Waals surface area (Å²) < 4.78 is 54.9. The fraction of sp³-hybridized carbons (Fsp3) is 0.508. The van der Waals surface area contributed by atoms with Crippen LogP contribution in [0.25, 0.3) is 11.0 Å². The molecule has 3 aromatic carbocycles. The third-order valence-electron chi connectivity index (χ3n) is 19.4. The van der Waals surface area contributed by atoms with Crippen LogP contribution in [0.1, 0.15) is 97.8 Å². The second kappa shape index (κ2) is 23.3. The van der Waals surface area contributed by atoms with E-state index in [2.05, 4.69) is 76.8 Å². The number of nitrogens with one attached hydrogen (secondary N) is 3. The van der Waals surface area contributed by atoms with E-state index in [1.165, 1.54) is 23.3 Å². The lowest BCUT2D eigenvalue weighted by Crippen LogP contribution is -2.59. The van der Waals surface area contributed by atoms with E-state index in [0.29, 0.717) is 81.2 Å². The van der Waals surface area contributed by atoms with Crippen molar-refractivity contribution < 1.29 is 42.2 Å². The predicted molar refractivity (Wildman–Crippen MR) is 324 cm³/mol. The number of hydrogen-bond acceptors (Lipinski definition) is 18. The Morgan fingerprint density at radius 1 is 0.906 bits per heavy atom. The van der Waals surface area contributed by atoms with Crippen LogP contribution in [-0.2, 0) is 26.0 Å². The first-order valence-corrected chi connectivity index (χ1v) is 31.7. The molecule has 0 unspecified atom stereocenters. The Balaban J connectivity index is 0.736. The van der Waals surface area contributed by atoms with Gasteiger partial charge in [0, 0.05) is 107 Å². The average Bonchev–Trinajstić information content (AvgIpc) is 1.90. The smallest absolute Gasteiger partial charge is 0.293 e. The molecule has 2 saturated carbocycles. The number of ether oxygens (including phenoxy) is 4. The molecule has 5 aliphatic heterocycles. The van der Waals surface area contributed by atoms with E-state index in [-0.39, 0.29) is 34.7 Å². The van der Waals surface area contributed by atoms with Crippen molar-refractivity contribution in [1.82, 2.24) is 29.5 Å². The maximum absolute atomic E-state index is 14.9. The summed E-state index contributed by atoms with van der Waals surface area (Å²) in [4.78, 5) is 51.3. The molecule has 8 heterocycles. The summed E-state index contributed by atoms with van der Waals surface area (Å²) in [5.74, 6) is 1.34. The molecule has 21 nitrogen and oxygen atoms in total. The molecule has 0 bridgehead atoms. The number of piperazine rings is 1. The number of H-pyrrole nitrogens is 1. The number of sulfonamides is 1. The maximum Gasteiger partial charge on any atom is 0.293 e. The molecule has 6 fully saturated rings. The van der Waals surface area contributed by atoms with Crippen molar-refractivity contribution in [2.45, 2.75) is 113 Å². The van der Waals surface area contributed by atoms with E-state index in [1.807, 2.05) is 43.6 Å². The van der Waals surface area contributed by atoms with Crippen LogP contribution in [0.4, 0.5) is 34.3 Å². The largest absolute Gasteiger partial charge is 0.493 e. The molecule has 0 radical (unpaired) electrons. The number of carbonyl (C=O) groups is 1. The fourth-order valence-electron chi connectivity index (χ4n) is 14.5. The van der Waals surface area contributed by atoms with Gasteiger partial charge in [-0.05, 0) is 148 Å². The lowest BCUT2D eigenvalue weighted by atomic mass is 9.59. The van der Waals surface area contributed by atoms with Crippen molar-refractivity contribution in [2.75, 3.05) is 106 Å². The van der Waals surface area contributed by atoms with Crippen molar-refractivity contribution in [3.05, 3.63) is 124 Å². The highest BCUT2D eigenvalue weighted by Gasteiger charge is 2.50. The Labute approximate surface area is 496 Å². The third-order valence-corrected chi connectivity index (χ3v) is 20.8. The number of morpholine rings is 1. The fourth-order valence-corrected chi connectivity index (χ4v) is 15.5. The van der Waals surface area contributed by atoms with Crippen LogP contribution < -0.4 is 34.2 Å². The summed E-state index contributed by atoms with van der Waals surface area (Å²) in [5.41, 5.74) is 5.82. The van der Waals surface area contributed by atoms with Crippen molar-refractivity contribution in [3.8, 4) is 11.6 Å². The summed E-state index contributed by atoms with van der Waals surface area (Å²) in [6.45, 7) is 13.4. The number of piperidine rings is 1. The molecule has 4 N–H and O–H groups in total. The van der Waals surface area contributed by atoms with E-state index in [0.717, 1.165) is 125 Å². The minimum Gasteiger partial charge on any atom is -0.493 e. The number of fused-ring (bicyclic) bond motifs is 3. The van der Waals surface area contributed by atoms with Gasteiger partial charge in [-0.3, -0.25) is 24.7 Å². The van der Waals surface area contributed by atoms with Gasteiger partial charge in [0.2, 0.25) is 5.88 Å². The van der Waals surface area contributed by atoms with E-state index in [4.69, 9.17) is 28.9 Å². The molecule has 4 saturated heterocycles. The number of nitro benzene ring substituents is 1. The summed E-state index contributed by atoms with van der Waals surface area (Å²) in [5, 5.41) is 26.9. The number of pyridine rings is 2. The van der Waals surface area contributed by atoms with Gasteiger partial charge in [0.1, 0.15) is 23.1 Å². The van der Waals surface area contributed by atoms with Crippen molar-refractivity contribution in [2.24, 2.45) is 11.3 Å². The second-order valence-electron chi connectivity index (χ2n) is 24.9. The number of rotatable bonds is 15. The lowest BCUT2D eigenvalue weighted by Gasteiger charge is -2.58. The molecule has 450 valence electrons. The number of hydrogen-bond donors (Lipinski definition) is 4. The second-order valence-corrected chi connectivity index (χ2v) is 26.6. The average molecular weight is 1180 g/mol. The maximum atomic E-state index is 14.9. The number of aryl methyl sites for hydroxylation is 1. The molecular formula is C63H77N11O10S. The quantitative estimate of drug-likeness (QED) is 0.0557. The van der Waals surface area contributed by atoms with Gasteiger partial charge < -0.3 is 49.1 Å². The number of aromatic nitrogens is 3. The lowest BCUT2D eigenvalue weighted by molar-refractivity contribution is -0.384. The molecular weight excluding hydrogens is 1100 g/mol. The molecule has 1 spiro atoms. The number of benzene rings is 3. The Hall–Kier alpha value is -7.08. The Morgan fingerprint density at radius 2 is 1.71 bits per heavy atom. The number of nitrogens with zero attached hydrogens (tertiary/aromatic N) is 8. The Kier molecular flexibility index (Phi) is 15.6. The molecule has 6 aromatic rings. The summed E-state index contributed by atoms with van der Waals surface area (Å²) >= 11 is 0. The predicted octanol–water partition coefficient (Wildman–Crippen LogP) is 8.49. The molecule has 3 atom stereocenters. The van der Waals surface area contributed by atoms with Crippen molar-refractivity contribution in [3.63, 3.8) is 0 Å². The first kappa shape index (κ1) is 57.0. The molecule has 7 aliphatic rings. The van der Waals surface area contributed by atoms with E-state index < -0.39 is 43.1 Å². The van der Waals surface area contributed by atoms with Gasteiger partial charge in [-0.2, -0.15) is 4.98 Å². The number of aromatic amines is 1. The van der Waals surface area contributed by atoms with Crippen LogP contribution in [0.2, 0.25) is 0 Å². The SMILES string of the molecule is COc1cc(CN2CCN(C3CC4(CCN(c5ccc(C(=O)NS(=O)(=O)c6ccc(NCC7CCC(C)(O)CC7)c([N+](=O)[O-])c6)c(N6c7cc8cc[nH]c8nc7O[C@H]7COCC[C@@H]76)c5)CC4)C3)[C@H](c3ccccc3C)C2)cnc1N1CCOCC1. The summed E-state index contributed by atoms with van der Waals surface area (Å²) in [7, 11) is -2.92. The number of amides is 1. The van der Waals surface area contributed by atoms with Crippen LogP contribution in [0.3, 0.4) is 0 Å². The first-order chi connectivity index (χ1) is 41.1. The molecule has 13 rings (SSSR count). The molecule has 85 heavy (non-hydrogen) atoms. The van der Waals surface area contributed by atoms with Gasteiger partial charge in [0.05, 0.1) is 59.6 Å². The zero-order valence-corrected chi connectivity index (χ0v) is 49.5. The zero-order chi connectivity index (χ0) is 58.6. The number of carbonyl (C=O) groups excluding carboxylic acids is 1. The van der Waals surface area contributed by atoms with Crippen LogP contribution in [0, 0.1) is 28.4 Å². The minimum atomic E-state index is -4.65. The first-order valence-electron chi connectivity index (χ1n) is 30.2. The van der Waals surface area contributed by atoms with Crippen LogP contribution in [0.15, 0.2) is 96.2 Å². The van der Waals surface area contributed by atoms with Gasteiger partial charge in [-0.1, -0.05) is 24.3 Å². The van der Waals surface area contributed by atoms with E-state index >= 15 is 0 Å². The summed E-state index contributed by atoms with van der Waals surface area (Å²) in [6.07, 6.45) is 11.0. The molecule has 2 aliphatic carbocycles. The van der Waals surface area contributed by atoms with E-state index in [1.54, 1.807) is 13.2 Å². The molecule has 1 amide bonds. The van der Waals surface area contributed by atoms with Gasteiger partial charge in [-0.15, -0.1) is 0 Å². The highest BCUT2D eigenvalue weighted by Crippen LogP contribution is 2.54. The topological polar surface area (TPSA) is 233 Å². The normalized spacial score (nSPS) is 24.7. The highest BCUT2D eigenvalue weighted by molar-refractivity contribution is 7.90. The summed E-state index contributed by atoms with van der Waals surface area (Å²) in [6, 6.07) is 24.5. The molecule has 3 aromatic heterocycles. The zero-order valence-electron chi connectivity index (χ0n) is 48.7. The van der Waals surface area contributed by atoms with Gasteiger partial charge in [-0.25, -0.2) is 18.1 Å². The van der Waals surface area contributed by atoms with Gasteiger partial charge >= 0.3 is 0 Å². The van der Waals surface area contributed by atoms with Gasteiger partial charge in [0.25, 0.3) is 21.6 Å². The number of methoxy groups -OCH3 is 1. The van der Waals surface area contributed by atoms with Crippen molar-refractivity contribution in [1.29, 1.82) is 0 Å². The Morgan fingerprint density at radius 3 is 2.48 bits per heavy atom. The third kappa shape index (κ3) is 11.6. The molecule has 22 heteroatoms. The van der Waals surface area contributed by atoms with Gasteiger partial charge in [0.15, 0.2) is 11.6 Å². The van der Waals surface area contributed by atoms with Crippen molar-refractivity contribution >= 4 is 61.2 Å².